The van der Waals surface area contributed by atoms with Crippen molar-refractivity contribution in [2.45, 2.75) is 6.92 Å². The summed E-state index contributed by atoms with van der Waals surface area (Å²) in [6.45, 7) is 2.05. The van der Waals surface area contributed by atoms with Gasteiger partial charge >= 0.3 is 0 Å². The van der Waals surface area contributed by atoms with Gasteiger partial charge in [-0.15, -0.1) is 11.3 Å². The largest absolute Gasteiger partial charge is 0.323 e. The molecular formula is C5H8N2S. The van der Waals surface area contributed by atoms with Crippen molar-refractivity contribution >= 4 is 17.0 Å². The zero-order valence-electron chi connectivity index (χ0n) is 4.64. The van der Waals surface area contributed by atoms with E-state index in [-0.39, 0.29) is 0 Å². The lowest BCUT2D eigenvalue weighted by Gasteiger charge is -1.87. The number of thiophene rings is 1. The average molecular weight is 128 g/mol. The summed E-state index contributed by atoms with van der Waals surface area (Å²) in [5, 5.41) is 1.98. The van der Waals surface area contributed by atoms with Gasteiger partial charge in [0.2, 0.25) is 0 Å². The smallest absolute Gasteiger partial charge is 0.0594 e. The summed E-state index contributed by atoms with van der Waals surface area (Å²) in [4.78, 5) is 1.28. The number of aryl methyl sites for hydroxylation is 1. The van der Waals surface area contributed by atoms with Crippen LogP contribution in [0, 0.1) is 6.92 Å². The number of rotatable bonds is 1. The van der Waals surface area contributed by atoms with Crippen LogP contribution in [0.4, 0.5) is 5.69 Å². The molecule has 8 heavy (non-hydrogen) atoms. The molecule has 0 aromatic carbocycles. The second-order valence-electron chi connectivity index (χ2n) is 1.59. The van der Waals surface area contributed by atoms with Gasteiger partial charge in [0.05, 0.1) is 5.69 Å². The van der Waals surface area contributed by atoms with Gasteiger partial charge in [-0.25, -0.2) is 0 Å². The summed E-state index contributed by atoms with van der Waals surface area (Å²) in [5.74, 6) is 5.12. The Balaban J connectivity index is 2.84. The first-order valence-electron chi connectivity index (χ1n) is 2.34. The van der Waals surface area contributed by atoms with E-state index in [0.29, 0.717) is 0 Å². The van der Waals surface area contributed by atoms with Gasteiger partial charge in [0.25, 0.3) is 0 Å². The zero-order valence-corrected chi connectivity index (χ0v) is 5.46. The Kier molecular flexibility index (Phi) is 1.50. The molecule has 2 nitrogen and oxygen atoms in total. The maximum absolute atomic E-state index is 5.12. The fourth-order valence-corrected chi connectivity index (χ4v) is 1.16. The first kappa shape index (κ1) is 5.59. The Morgan fingerprint density at radius 2 is 2.50 bits per heavy atom. The standard InChI is InChI=1S/C5H8N2S/c1-4-2-5(7-6)3-8-4/h2-3,7H,6H2,1H3. The second kappa shape index (κ2) is 2.15. The summed E-state index contributed by atoms with van der Waals surface area (Å²) < 4.78 is 0. The highest BCUT2D eigenvalue weighted by Crippen LogP contribution is 2.15. The molecule has 0 amide bonds. The molecule has 1 aromatic heterocycles. The van der Waals surface area contributed by atoms with E-state index in [1.54, 1.807) is 11.3 Å². The Morgan fingerprint density at radius 3 is 2.75 bits per heavy atom. The molecule has 0 aliphatic rings. The van der Waals surface area contributed by atoms with Crippen molar-refractivity contribution in [3.05, 3.63) is 16.3 Å². The lowest BCUT2D eigenvalue weighted by atomic mass is 10.5. The third-order valence-electron chi connectivity index (χ3n) is 0.897. The molecule has 0 spiro atoms. The Bertz CT molecular complexity index is 171. The fourth-order valence-electron chi connectivity index (χ4n) is 0.519. The van der Waals surface area contributed by atoms with Gasteiger partial charge in [-0.2, -0.15) is 0 Å². The lowest BCUT2D eigenvalue weighted by molar-refractivity contribution is 1.36. The van der Waals surface area contributed by atoms with E-state index in [1.165, 1.54) is 4.88 Å². The fraction of sp³-hybridized carbons (Fsp3) is 0.200. The number of hydrogen-bond acceptors (Lipinski definition) is 3. The zero-order chi connectivity index (χ0) is 5.98. The van der Waals surface area contributed by atoms with E-state index in [4.69, 9.17) is 5.84 Å². The Morgan fingerprint density at radius 1 is 1.75 bits per heavy atom. The van der Waals surface area contributed by atoms with Gasteiger partial charge in [-0.1, -0.05) is 0 Å². The summed E-state index contributed by atoms with van der Waals surface area (Å²) in [7, 11) is 0. The minimum absolute atomic E-state index is 0.993. The predicted octanol–water partition coefficient (Wildman–Crippen LogP) is 1.34. The number of nitrogens with one attached hydrogen (secondary N) is 1. The van der Waals surface area contributed by atoms with E-state index >= 15 is 0 Å². The van der Waals surface area contributed by atoms with Crippen LogP contribution in [0.1, 0.15) is 4.88 Å². The number of nitrogens with two attached hydrogens (primary N) is 1. The van der Waals surface area contributed by atoms with Gasteiger partial charge in [0.1, 0.15) is 0 Å². The predicted molar refractivity (Wildman–Crippen MR) is 36.9 cm³/mol. The normalized spacial score (nSPS) is 9.25. The third-order valence-corrected chi connectivity index (χ3v) is 1.76. The number of anilines is 1. The van der Waals surface area contributed by atoms with Crippen LogP contribution in [-0.4, -0.2) is 0 Å². The molecule has 44 valence electrons. The highest BCUT2D eigenvalue weighted by Gasteiger charge is 1.88. The van der Waals surface area contributed by atoms with Crippen molar-refractivity contribution in [2.75, 3.05) is 5.43 Å². The van der Waals surface area contributed by atoms with Crippen LogP contribution in [0.15, 0.2) is 11.4 Å². The highest BCUT2D eigenvalue weighted by atomic mass is 32.1. The van der Waals surface area contributed by atoms with Gasteiger partial charge in [0.15, 0.2) is 0 Å². The molecule has 1 rings (SSSR count). The van der Waals surface area contributed by atoms with Crippen molar-refractivity contribution in [1.82, 2.24) is 0 Å². The van der Waals surface area contributed by atoms with Crippen molar-refractivity contribution in [2.24, 2.45) is 5.84 Å². The van der Waals surface area contributed by atoms with Gasteiger partial charge in [-0.05, 0) is 13.0 Å². The monoisotopic (exact) mass is 128 g/mol. The minimum Gasteiger partial charge on any atom is -0.323 e. The van der Waals surface area contributed by atoms with Crippen molar-refractivity contribution in [3.8, 4) is 0 Å². The van der Waals surface area contributed by atoms with Gasteiger partial charge in [0, 0.05) is 10.3 Å². The molecule has 0 atom stereocenters. The molecule has 0 radical (unpaired) electrons. The Labute approximate surface area is 52.3 Å². The SMILES string of the molecule is Cc1cc(NN)cs1. The van der Waals surface area contributed by atoms with Crippen LogP contribution >= 0.6 is 11.3 Å². The highest BCUT2D eigenvalue weighted by molar-refractivity contribution is 7.10. The number of nitrogen functional groups attached to an aromatic ring is 1. The lowest BCUT2D eigenvalue weighted by Crippen LogP contribution is -2.04. The van der Waals surface area contributed by atoms with Crippen molar-refractivity contribution in [3.63, 3.8) is 0 Å². The van der Waals surface area contributed by atoms with E-state index in [9.17, 15) is 0 Å². The maximum atomic E-state index is 5.12. The quantitative estimate of drug-likeness (QED) is 0.442. The van der Waals surface area contributed by atoms with Crippen molar-refractivity contribution < 1.29 is 0 Å². The summed E-state index contributed by atoms with van der Waals surface area (Å²) >= 11 is 1.69. The molecule has 0 unspecified atom stereocenters. The van der Waals surface area contributed by atoms with Gasteiger partial charge < -0.3 is 5.43 Å². The third kappa shape index (κ3) is 0.993. The van der Waals surface area contributed by atoms with E-state index in [0.717, 1.165) is 5.69 Å². The minimum atomic E-state index is 0.993. The molecular weight excluding hydrogens is 120 g/mol. The number of hydrazine groups is 1. The summed E-state index contributed by atoms with van der Waals surface area (Å²) in [5.41, 5.74) is 3.55. The first-order valence-corrected chi connectivity index (χ1v) is 3.22. The summed E-state index contributed by atoms with van der Waals surface area (Å²) in [6, 6.07) is 2.00. The Hall–Kier alpha value is -0.540. The molecule has 3 N–H and O–H groups in total. The summed E-state index contributed by atoms with van der Waals surface area (Å²) in [6.07, 6.45) is 0. The topological polar surface area (TPSA) is 38.0 Å². The molecule has 0 bridgehead atoms. The first-order chi connectivity index (χ1) is 3.83. The van der Waals surface area contributed by atoms with Crippen LogP contribution in [0.5, 0.6) is 0 Å². The molecule has 0 fully saturated rings. The molecule has 1 heterocycles. The van der Waals surface area contributed by atoms with Crippen LogP contribution in [0.3, 0.4) is 0 Å². The maximum Gasteiger partial charge on any atom is 0.0594 e. The van der Waals surface area contributed by atoms with Crippen LogP contribution in [0.25, 0.3) is 0 Å². The molecule has 0 saturated heterocycles. The molecule has 0 aliphatic heterocycles. The van der Waals surface area contributed by atoms with Gasteiger partial charge in [-0.3, -0.25) is 5.84 Å². The molecule has 0 aliphatic carbocycles. The van der Waals surface area contributed by atoms with E-state index in [1.807, 2.05) is 18.4 Å². The average Bonchev–Trinajstić information content (AvgIpc) is 2.14. The van der Waals surface area contributed by atoms with E-state index < -0.39 is 0 Å². The number of hydrogen-bond donors (Lipinski definition) is 2. The van der Waals surface area contributed by atoms with Crippen LogP contribution in [-0.2, 0) is 0 Å². The van der Waals surface area contributed by atoms with Crippen molar-refractivity contribution in [1.29, 1.82) is 0 Å². The molecule has 3 heteroatoms. The van der Waals surface area contributed by atoms with Crippen LogP contribution in [0.2, 0.25) is 0 Å². The van der Waals surface area contributed by atoms with E-state index in [2.05, 4.69) is 5.43 Å². The molecule has 0 saturated carbocycles. The molecule has 1 aromatic rings. The van der Waals surface area contributed by atoms with Crippen LogP contribution < -0.4 is 11.3 Å². The second-order valence-corrected chi connectivity index (χ2v) is 2.71.